The lowest BCUT2D eigenvalue weighted by Crippen LogP contribution is -2.29. The molecule has 2 aromatic carbocycles. The van der Waals surface area contributed by atoms with E-state index in [1.165, 1.54) is 6.07 Å². The van der Waals surface area contributed by atoms with Crippen molar-refractivity contribution < 1.29 is 30.4 Å². The Kier molecular flexibility index (Phi) is 8.88. The van der Waals surface area contributed by atoms with Gasteiger partial charge in [-0.3, -0.25) is 4.55 Å². The Morgan fingerprint density at radius 2 is 1.58 bits per heavy atom. The Morgan fingerprint density at radius 3 is 2.13 bits per heavy atom. The largest absolute Gasteiger partial charge is 0.744 e. The van der Waals surface area contributed by atoms with Crippen molar-refractivity contribution in [2.75, 3.05) is 19.6 Å². The molecule has 9 nitrogen and oxygen atoms in total. The van der Waals surface area contributed by atoms with Crippen LogP contribution in [0, 0.1) is 6.92 Å². The van der Waals surface area contributed by atoms with E-state index in [2.05, 4.69) is 16.3 Å². The van der Waals surface area contributed by atoms with E-state index >= 15 is 0 Å². The van der Waals surface area contributed by atoms with Crippen LogP contribution in [0.4, 0.5) is 0 Å². The highest BCUT2D eigenvalue weighted by Crippen LogP contribution is 2.42. The van der Waals surface area contributed by atoms with Gasteiger partial charge in [-0.2, -0.15) is 8.42 Å². The maximum atomic E-state index is 12.2. The van der Waals surface area contributed by atoms with E-state index in [1.807, 2.05) is 45.9 Å². The summed E-state index contributed by atoms with van der Waals surface area (Å²) in [6, 6.07) is 13.9. The van der Waals surface area contributed by atoms with Gasteiger partial charge in [-0.25, -0.2) is 13.0 Å². The second-order valence-corrected chi connectivity index (χ2v) is 11.2. The van der Waals surface area contributed by atoms with Crippen LogP contribution in [0.2, 0.25) is 0 Å². The molecule has 0 spiro atoms. The first-order valence-electron chi connectivity index (χ1n) is 11.9. The summed E-state index contributed by atoms with van der Waals surface area (Å²) < 4.78 is 77.5. The molecule has 38 heavy (non-hydrogen) atoms. The molecule has 202 valence electrons. The van der Waals surface area contributed by atoms with Gasteiger partial charge >= 0.3 is 0 Å². The first-order chi connectivity index (χ1) is 17.8. The Labute approximate surface area is 222 Å². The van der Waals surface area contributed by atoms with Gasteiger partial charge in [0.2, 0.25) is 5.36 Å². The molecular weight excluding hydrogens is 528 g/mol. The van der Waals surface area contributed by atoms with Crippen molar-refractivity contribution in [3.05, 3.63) is 65.5 Å². The number of aliphatic imine (C=N–C) groups is 1. The lowest BCUT2D eigenvalue weighted by Gasteiger charge is -2.19. The molecule has 0 unspecified atom stereocenters. The summed E-state index contributed by atoms with van der Waals surface area (Å²) in [6.45, 7) is 13.5. The van der Waals surface area contributed by atoms with Crippen LogP contribution in [0.1, 0.15) is 26.3 Å². The molecule has 0 atom stereocenters. The van der Waals surface area contributed by atoms with E-state index < -0.39 is 30.0 Å². The molecule has 0 saturated heterocycles. The Hall–Kier alpha value is -3.38. The standard InChI is InChI=1S/C24H23NO7S2.C3H7N/c1-4-25(5-2)16-7-10-19-22(13-16)32-21-12-15(3)6-9-18(21)24(19)20-11-8-17(33(26,27)28)14-23(20)34(29,30)31;1-3-4-2/h6-14H,4-5H2,1-3H3,(H-,26,27,28,29,30,31);2-3H2,1H3. The van der Waals surface area contributed by atoms with Gasteiger partial charge in [0.1, 0.15) is 34.6 Å². The predicted molar refractivity (Wildman–Crippen MR) is 147 cm³/mol. The fourth-order valence-electron chi connectivity index (χ4n) is 4.14. The summed E-state index contributed by atoms with van der Waals surface area (Å²) in [4.78, 5) is 2.06. The number of hydrogen-bond donors (Lipinski definition) is 1. The fraction of sp³-hybridized carbons (Fsp3) is 0.259. The predicted octanol–water partition coefficient (Wildman–Crippen LogP) is 4.18. The minimum absolute atomic E-state index is 0.0210. The molecule has 0 bridgehead atoms. The Bertz CT molecular complexity index is 1750. The van der Waals surface area contributed by atoms with Crippen molar-refractivity contribution in [1.82, 2.24) is 4.58 Å². The van der Waals surface area contributed by atoms with Crippen molar-refractivity contribution in [2.45, 2.75) is 37.5 Å². The normalized spacial score (nSPS) is 11.7. The number of rotatable bonds is 6. The third kappa shape index (κ3) is 6.18. The van der Waals surface area contributed by atoms with Gasteiger partial charge in [-0.1, -0.05) is 18.2 Å². The van der Waals surface area contributed by atoms with Crippen LogP contribution in [-0.4, -0.2) is 52.3 Å². The van der Waals surface area contributed by atoms with Gasteiger partial charge in [0.25, 0.3) is 10.1 Å². The van der Waals surface area contributed by atoms with Crippen LogP contribution in [0.15, 0.2) is 73.8 Å². The van der Waals surface area contributed by atoms with Gasteiger partial charge in [0, 0.05) is 34.7 Å². The zero-order valence-corrected chi connectivity index (χ0v) is 23.3. The molecule has 0 amide bonds. The van der Waals surface area contributed by atoms with Crippen LogP contribution in [-0.2, 0) is 20.2 Å². The third-order valence-electron chi connectivity index (χ3n) is 6.00. The molecule has 1 aliphatic heterocycles. The fourth-order valence-corrected chi connectivity index (χ4v) is 5.43. The van der Waals surface area contributed by atoms with E-state index in [0.29, 0.717) is 33.9 Å². The molecule has 1 heterocycles. The zero-order chi connectivity index (χ0) is 28.3. The lowest BCUT2D eigenvalue weighted by molar-refractivity contribution is 0.463. The van der Waals surface area contributed by atoms with Gasteiger partial charge in [-0.05, 0) is 64.2 Å². The zero-order valence-electron chi connectivity index (χ0n) is 21.6. The summed E-state index contributed by atoms with van der Waals surface area (Å²) in [6.07, 6.45) is 0. The monoisotopic (exact) mass is 558 g/mol. The number of nitrogens with zero attached hydrogens (tertiary/aromatic N) is 2. The van der Waals surface area contributed by atoms with Crippen molar-refractivity contribution in [3.8, 4) is 22.5 Å². The molecule has 4 rings (SSSR count). The molecular formula is C27H30N2O7S2. The minimum atomic E-state index is -5.10. The smallest absolute Gasteiger partial charge is 0.294 e. The highest BCUT2D eigenvalue weighted by atomic mass is 32.2. The lowest BCUT2D eigenvalue weighted by atomic mass is 9.93. The molecule has 0 radical (unpaired) electrons. The highest BCUT2D eigenvalue weighted by molar-refractivity contribution is 7.86. The molecule has 2 aromatic rings. The summed E-state index contributed by atoms with van der Waals surface area (Å²) in [5.41, 5.74) is 2.38. The van der Waals surface area contributed by atoms with Gasteiger partial charge in [0.05, 0.1) is 15.9 Å². The van der Waals surface area contributed by atoms with E-state index in [0.717, 1.165) is 36.6 Å². The van der Waals surface area contributed by atoms with E-state index in [9.17, 15) is 25.9 Å². The van der Waals surface area contributed by atoms with Crippen LogP contribution >= 0.6 is 0 Å². The summed E-state index contributed by atoms with van der Waals surface area (Å²) in [7, 11) is -9.83. The van der Waals surface area contributed by atoms with Crippen molar-refractivity contribution >= 4 is 37.9 Å². The highest BCUT2D eigenvalue weighted by Gasteiger charge is 2.24. The molecule has 1 aliphatic carbocycles. The van der Waals surface area contributed by atoms with Gasteiger partial charge in [0.15, 0.2) is 0 Å². The van der Waals surface area contributed by atoms with E-state index in [4.69, 9.17) is 4.42 Å². The van der Waals surface area contributed by atoms with Crippen molar-refractivity contribution in [1.29, 1.82) is 0 Å². The first-order valence-corrected chi connectivity index (χ1v) is 14.8. The molecule has 0 fully saturated rings. The molecule has 0 aromatic heterocycles. The first kappa shape index (κ1) is 29.2. The molecule has 1 N–H and O–H groups in total. The number of benzene rings is 3. The average molecular weight is 559 g/mol. The number of fused-ring (bicyclic) bond motifs is 2. The second-order valence-electron chi connectivity index (χ2n) is 8.46. The SMILES string of the molecule is C=NCC.CC[N+](CC)=c1ccc2c(-c3ccc(S(=O)(=O)O)cc3S(=O)(=O)[O-])c3ccc(C)cc3oc-2c1. The average Bonchev–Trinajstić information content (AvgIpc) is 2.86. The Balaban J connectivity index is 0.000000934. The second kappa shape index (κ2) is 11.6. The molecule has 0 saturated carbocycles. The van der Waals surface area contributed by atoms with E-state index in [-0.39, 0.29) is 5.56 Å². The maximum absolute atomic E-state index is 12.2. The maximum Gasteiger partial charge on any atom is 0.294 e. The van der Waals surface area contributed by atoms with Crippen molar-refractivity contribution in [2.24, 2.45) is 4.99 Å². The van der Waals surface area contributed by atoms with Crippen LogP contribution < -0.4 is 9.93 Å². The summed E-state index contributed by atoms with van der Waals surface area (Å²) >= 11 is 0. The third-order valence-corrected chi connectivity index (χ3v) is 7.73. The summed E-state index contributed by atoms with van der Waals surface area (Å²) in [5.74, 6) is 0.477. The van der Waals surface area contributed by atoms with Crippen molar-refractivity contribution in [3.63, 3.8) is 0 Å². The van der Waals surface area contributed by atoms with E-state index in [1.54, 1.807) is 18.2 Å². The number of hydrogen-bond acceptors (Lipinski definition) is 7. The molecule has 11 heteroatoms. The van der Waals surface area contributed by atoms with Crippen LogP contribution in [0.3, 0.4) is 0 Å². The number of aryl methyl sites for hydroxylation is 1. The molecule has 2 aliphatic rings. The Morgan fingerprint density at radius 1 is 0.947 bits per heavy atom. The van der Waals surface area contributed by atoms with Crippen LogP contribution in [0.5, 0.6) is 0 Å². The minimum Gasteiger partial charge on any atom is -0.744 e. The van der Waals surface area contributed by atoms with Gasteiger partial charge in [-0.15, -0.1) is 0 Å². The summed E-state index contributed by atoms with van der Waals surface area (Å²) in [5, 5.41) is 1.47. The van der Waals surface area contributed by atoms with Crippen LogP contribution in [0.25, 0.3) is 33.4 Å². The quantitative estimate of drug-likeness (QED) is 0.162. The topological polar surface area (TPSA) is 140 Å². The van der Waals surface area contributed by atoms with Gasteiger partial charge < -0.3 is 14.0 Å².